The fourth-order valence-corrected chi connectivity index (χ4v) is 4.38. The molecule has 0 aromatic rings. The van der Waals surface area contributed by atoms with Gasteiger partial charge in [-0.05, 0) is 50.4 Å². The molecular weight excluding hydrogens is 316 g/mol. The minimum absolute atomic E-state index is 0.138. The van der Waals surface area contributed by atoms with Gasteiger partial charge in [0.15, 0.2) is 0 Å². The number of carboxylic acid groups (broad SMARTS) is 1. The first-order chi connectivity index (χ1) is 12.0. The van der Waals surface area contributed by atoms with E-state index in [0.29, 0.717) is 11.8 Å². The summed E-state index contributed by atoms with van der Waals surface area (Å²) in [5.74, 6) is 0.307. The van der Waals surface area contributed by atoms with Crippen LogP contribution in [0.3, 0.4) is 0 Å². The molecule has 2 aliphatic rings. The van der Waals surface area contributed by atoms with E-state index < -0.39 is 12.1 Å². The van der Waals surface area contributed by atoms with Gasteiger partial charge in [0.05, 0.1) is 12.2 Å². The minimum Gasteiger partial charge on any atom is -0.481 e. The zero-order chi connectivity index (χ0) is 18.2. The summed E-state index contributed by atoms with van der Waals surface area (Å²) in [6.45, 7) is 2.16. The van der Waals surface area contributed by atoms with Gasteiger partial charge in [-0.25, -0.2) is 0 Å². The molecule has 0 aliphatic heterocycles. The summed E-state index contributed by atoms with van der Waals surface area (Å²) < 4.78 is 0. The van der Waals surface area contributed by atoms with Crippen molar-refractivity contribution in [2.24, 2.45) is 17.8 Å². The summed E-state index contributed by atoms with van der Waals surface area (Å²) in [5.41, 5.74) is 1.43. The number of allylic oxidation sites excluding steroid dienone is 2. The van der Waals surface area contributed by atoms with Crippen LogP contribution in [0, 0.1) is 17.8 Å². The molecule has 0 unspecified atom stereocenters. The highest BCUT2D eigenvalue weighted by molar-refractivity contribution is 5.66. The summed E-state index contributed by atoms with van der Waals surface area (Å²) >= 11 is 0. The fourth-order valence-electron chi connectivity index (χ4n) is 4.38. The van der Waals surface area contributed by atoms with Crippen molar-refractivity contribution in [1.82, 2.24) is 0 Å². The summed E-state index contributed by atoms with van der Waals surface area (Å²) in [7, 11) is 0. The van der Waals surface area contributed by atoms with E-state index in [4.69, 9.17) is 5.11 Å². The molecule has 0 aromatic carbocycles. The van der Waals surface area contributed by atoms with Crippen LogP contribution in [0.4, 0.5) is 0 Å². The van der Waals surface area contributed by atoms with Crippen molar-refractivity contribution < 1.29 is 20.1 Å². The standard InChI is InChI=1S/C21H34O4/c1-2-3-4-8-17(22)10-11-18-19-13-15(7-5-6-9-21(24)25)12-16(19)14-20(18)23/h10-12,16-20,22-23H,2-9,13-14H2,1H3,(H,24,25)/t16-,17-,18-,19-,20+/m0/s1. The lowest BCUT2D eigenvalue weighted by molar-refractivity contribution is -0.137. The van der Waals surface area contributed by atoms with Gasteiger partial charge < -0.3 is 15.3 Å². The van der Waals surface area contributed by atoms with Crippen LogP contribution in [0.25, 0.3) is 0 Å². The van der Waals surface area contributed by atoms with Crippen LogP contribution in [-0.4, -0.2) is 33.5 Å². The van der Waals surface area contributed by atoms with Crippen LogP contribution in [0.5, 0.6) is 0 Å². The van der Waals surface area contributed by atoms with Crippen LogP contribution >= 0.6 is 0 Å². The fraction of sp³-hybridized carbons (Fsp3) is 0.762. The third-order valence-electron chi connectivity index (χ3n) is 5.75. The van der Waals surface area contributed by atoms with Crippen molar-refractivity contribution >= 4 is 5.97 Å². The predicted molar refractivity (Wildman–Crippen MR) is 99.2 cm³/mol. The third-order valence-corrected chi connectivity index (χ3v) is 5.75. The molecule has 4 nitrogen and oxygen atoms in total. The largest absolute Gasteiger partial charge is 0.481 e. The molecule has 0 radical (unpaired) electrons. The summed E-state index contributed by atoms with van der Waals surface area (Å²) in [6.07, 6.45) is 14.4. The number of rotatable bonds is 11. The number of unbranched alkanes of at least 4 members (excludes halogenated alkanes) is 3. The summed E-state index contributed by atoms with van der Waals surface area (Å²) in [4.78, 5) is 10.6. The number of carbonyl (C=O) groups is 1. The number of aliphatic hydroxyl groups excluding tert-OH is 2. The Morgan fingerprint density at radius 3 is 2.84 bits per heavy atom. The second kappa shape index (κ2) is 10.1. The van der Waals surface area contributed by atoms with Crippen molar-refractivity contribution in [2.45, 2.75) is 83.3 Å². The van der Waals surface area contributed by atoms with Crippen LogP contribution in [0.1, 0.15) is 71.1 Å². The van der Waals surface area contributed by atoms with Crippen LogP contribution in [0.15, 0.2) is 23.8 Å². The first-order valence-electron chi connectivity index (χ1n) is 9.97. The Morgan fingerprint density at radius 1 is 1.32 bits per heavy atom. The van der Waals surface area contributed by atoms with Gasteiger partial charge in [0, 0.05) is 12.3 Å². The smallest absolute Gasteiger partial charge is 0.303 e. The highest BCUT2D eigenvalue weighted by Crippen LogP contribution is 2.48. The molecule has 0 aromatic heterocycles. The molecule has 1 fully saturated rings. The molecule has 0 bridgehead atoms. The monoisotopic (exact) mass is 350 g/mol. The quantitative estimate of drug-likeness (QED) is 0.388. The maximum Gasteiger partial charge on any atom is 0.303 e. The molecule has 5 atom stereocenters. The first-order valence-corrected chi connectivity index (χ1v) is 9.97. The van der Waals surface area contributed by atoms with E-state index in [1.807, 2.05) is 12.2 Å². The third kappa shape index (κ3) is 6.27. The Kier molecular flexibility index (Phi) is 8.17. The molecule has 25 heavy (non-hydrogen) atoms. The van der Waals surface area contributed by atoms with Crippen molar-refractivity contribution in [1.29, 1.82) is 0 Å². The van der Waals surface area contributed by atoms with Gasteiger partial charge in [0.2, 0.25) is 0 Å². The molecule has 0 saturated heterocycles. The number of aliphatic hydroxyl groups is 2. The SMILES string of the molecule is CCCCC[C@H](O)C=C[C@H]1[C@H]2CC(CCCCC(=O)O)=C[C@H]2C[C@H]1O. The predicted octanol–water partition coefficient (Wildman–Crippen LogP) is 4.07. The highest BCUT2D eigenvalue weighted by Gasteiger charge is 2.43. The van der Waals surface area contributed by atoms with Crippen LogP contribution < -0.4 is 0 Å². The number of carboxylic acids is 1. The van der Waals surface area contributed by atoms with E-state index in [-0.39, 0.29) is 18.4 Å². The molecule has 2 rings (SSSR count). The second-order valence-corrected chi connectivity index (χ2v) is 7.79. The average Bonchev–Trinajstić information content (AvgIpc) is 3.06. The van der Waals surface area contributed by atoms with E-state index in [1.165, 1.54) is 5.57 Å². The Hall–Kier alpha value is -1.13. The topological polar surface area (TPSA) is 77.8 Å². The van der Waals surface area contributed by atoms with Gasteiger partial charge in [0.25, 0.3) is 0 Å². The van der Waals surface area contributed by atoms with Gasteiger partial charge in [-0.1, -0.05) is 50.0 Å². The normalized spacial score (nSPS) is 29.8. The average molecular weight is 350 g/mol. The van der Waals surface area contributed by atoms with Crippen LogP contribution in [-0.2, 0) is 4.79 Å². The van der Waals surface area contributed by atoms with E-state index >= 15 is 0 Å². The lowest BCUT2D eigenvalue weighted by Gasteiger charge is -2.19. The van der Waals surface area contributed by atoms with Crippen molar-refractivity contribution in [3.63, 3.8) is 0 Å². The summed E-state index contributed by atoms with van der Waals surface area (Å²) in [5, 5.41) is 29.1. The Bertz CT molecular complexity index is 482. The molecule has 1 saturated carbocycles. The highest BCUT2D eigenvalue weighted by atomic mass is 16.4. The number of hydrogen-bond donors (Lipinski definition) is 3. The molecular formula is C21H34O4. The maximum absolute atomic E-state index is 10.6. The lowest BCUT2D eigenvalue weighted by atomic mass is 9.88. The number of fused-ring (bicyclic) bond motifs is 1. The Morgan fingerprint density at radius 2 is 2.12 bits per heavy atom. The molecule has 142 valence electrons. The zero-order valence-electron chi connectivity index (χ0n) is 15.4. The van der Waals surface area contributed by atoms with Gasteiger partial charge in [-0.2, -0.15) is 0 Å². The van der Waals surface area contributed by atoms with E-state index in [2.05, 4.69) is 13.0 Å². The molecule has 2 aliphatic carbocycles. The number of aliphatic carboxylic acids is 1. The Labute approximate surface area is 151 Å². The number of hydrogen-bond acceptors (Lipinski definition) is 3. The molecule has 4 heteroatoms. The lowest BCUT2D eigenvalue weighted by Crippen LogP contribution is -2.18. The van der Waals surface area contributed by atoms with Crippen molar-refractivity contribution in [3.8, 4) is 0 Å². The van der Waals surface area contributed by atoms with Gasteiger partial charge in [0.1, 0.15) is 0 Å². The Balaban J connectivity index is 1.78. The van der Waals surface area contributed by atoms with E-state index in [9.17, 15) is 15.0 Å². The van der Waals surface area contributed by atoms with Crippen LogP contribution in [0.2, 0.25) is 0 Å². The van der Waals surface area contributed by atoms with E-state index in [1.54, 1.807) is 0 Å². The molecule has 0 heterocycles. The molecule has 0 amide bonds. The van der Waals surface area contributed by atoms with Gasteiger partial charge in [-0.15, -0.1) is 0 Å². The maximum atomic E-state index is 10.6. The molecule has 3 N–H and O–H groups in total. The van der Waals surface area contributed by atoms with Crippen molar-refractivity contribution in [3.05, 3.63) is 23.8 Å². The zero-order valence-corrected chi connectivity index (χ0v) is 15.4. The van der Waals surface area contributed by atoms with Gasteiger partial charge in [-0.3, -0.25) is 4.79 Å². The van der Waals surface area contributed by atoms with Crippen molar-refractivity contribution in [2.75, 3.05) is 0 Å². The molecule has 0 spiro atoms. The second-order valence-electron chi connectivity index (χ2n) is 7.79. The van der Waals surface area contributed by atoms with E-state index in [0.717, 1.165) is 57.8 Å². The first kappa shape index (κ1) is 20.2. The minimum atomic E-state index is -0.719. The van der Waals surface area contributed by atoms with Gasteiger partial charge >= 0.3 is 5.97 Å². The summed E-state index contributed by atoms with van der Waals surface area (Å²) in [6, 6.07) is 0.